The van der Waals surface area contributed by atoms with E-state index in [1.54, 1.807) is 6.20 Å². The largest absolute Gasteiger partial charge is 0.368 e. The number of hydrogen-bond acceptors (Lipinski definition) is 4. The molecule has 2 heterocycles. The normalized spacial score (nSPS) is 15.2. The molecule has 0 radical (unpaired) electrons. The molecule has 0 N–H and O–H groups in total. The molecule has 0 aliphatic carbocycles. The number of rotatable bonds is 3. The van der Waals surface area contributed by atoms with Crippen molar-refractivity contribution in [2.45, 2.75) is 13.3 Å². The van der Waals surface area contributed by atoms with Gasteiger partial charge in [0.05, 0.1) is 11.2 Å². The molecule has 0 spiro atoms. The lowest BCUT2D eigenvalue weighted by atomic mass is 10.2. The van der Waals surface area contributed by atoms with E-state index in [-0.39, 0.29) is 5.91 Å². The van der Waals surface area contributed by atoms with Crippen LogP contribution in [0.4, 0.5) is 5.69 Å². The number of carbonyl (C=O) groups is 1. The molecule has 6 heteroatoms. The van der Waals surface area contributed by atoms with Crippen molar-refractivity contribution in [3.05, 3.63) is 45.4 Å². The Bertz CT molecular complexity index is 648. The van der Waals surface area contributed by atoms with E-state index >= 15 is 0 Å². The fourth-order valence-corrected chi connectivity index (χ4v) is 3.50. The Morgan fingerprint density at radius 1 is 1.23 bits per heavy atom. The highest BCUT2D eigenvalue weighted by molar-refractivity contribution is 7.13. The highest BCUT2D eigenvalue weighted by atomic mass is 35.5. The highest BCUT2D eigenvalue weighted by Crippen LogP contribution is 2.21. The van der Waals surface area contributed by atoms with Gasteiger partial charge in [-0.3, -0.25) is 4.79 Å². The van der Waals surface area contributed by atoms with Gasteiger partial charge in [-0.2, -0.15) is 0 Å². The fourth-order valence-electron chi connectivity index (χ4n) is 2.55. The first-order valence-electron chi connectivity index (χ1n) is 7.42. The molecule has 0 bridgehead atoms. The minimum absolute atomic E-state index is 0.105. The number of halogens is 1. The first kappa shape index (κ1) is 15.3. The van der Waals surface area contributed by atoms with Gasteiger partial charge in [-0.25, -0.2) is 4.98 Å². The van der Waals surface area contributed by atoms with E-state index in [1.165, 1.54) is 11.3 Å². The predicted octanol–water partition coefficient (Wildman–Crippen LogP) is 3.32. The second kappa shape index (κ2) is 6.67. The number of thiazole rings is 1. The fraction of sp³-hybridized carbons (Fsp3) is 0.375. The summed E-state index contributed by atoms with van der Waals surface area (Å²) in [4.78, 5) is 21.7. The minimum Gasteiger partial charge on any atom is -0.368 e. The standard InChI is InChI=1S/C16H18ClN3OS/c1-2-15-18-11-14(22-15)16(21)20-9-7-19(8-10-20)13-5-3-12(17)4-6-13/h3-6,11H,2,7-10H2,1H3. The molecule has 1 amide bonds. The maximum Gasteiger partial charge on any atom is 0.265 e. The summed E-state index contributed by atoms with van der Waals surface area (Å²) in [5.41, 5.74) is 1.16. The molecule has 1 saturated heterocycles. The zero-order valence-corrected chi connectivity index (χ0v) is 14.0. The average molecular weight is 336 g/mol. The van der Waals surface area contributed by atoms with Crippen LogP contribution in [-0.2, 0) is 6.42 Å². The predicted molar refractivity (Wildman–Crippen MR) is 91.1 cm³/mol. The van der Waals surface area contributed by atoms with Crippen molar-refractivity contribution in [3.63, 3.8) is 0 Å². The Balaban J connectivity index is 1.61. The van der Waals surface area contributed by atoms with Gasteiger partial charge < -0.3 is 9.80 Å². The van der Waals surface area contributed by atoms with Crippen LogP contribution in [0.2, 0.25) is 5.02 Å². The molecule has 22 heavy (non-hydrogen) atoms. The van der Waals surface area contributed by atoms with Gasteiger partial charge in [-0.15, -0.1) is 11.3 Å². The first-order chi connectivity index (χ1) is 10.7. The molecule has 2 aromatic rings. The minimum atomic E-state index is 0.105. The van der Waals surface area contributed by atoms with Crippen LogP contribution in [0, 0.1) is 0 Å². The van der Waals surface area contributed by atoms with Crippen LogP contribution in [0.3, 0.4) is 0 Å². The zero-order chi connectivity index (χ0) is 15.5. The van der Waals surface area contributed by atoms with Crippen LogP contribution in [0.1, 0.15) is 21.6 Å². The van der Waals surface area contributed by atoms with Crippen LogP contribution < -0.4 is 4.90 Å². The van der Waals surface area contributed by atoms with E-state index in [0.717, 1.165) is 53.2 Å². The van der Waals surface area contributed by atoms with Crippen molar-refractivity contribution in [1.29, 1.82) is 0 Å². The number of amides is 1. The third-order valence-corrected chi connectivity index (χ3v) is 5.21. The molecule has 1 aromatic carbocycles. The molecule has 1 aliphatic heterocycles. The van der Waals surface area contributed by atoms with E-state index < -0.39 is 0 Å². The molecule has 1 aromatic heterocycles. The SMILES string of the molecule is CCc1ncc(C(=O)N2CCN(c3ccc(Cl)cc3)CC2)s1. The van der Waals surface area contributed by atoms with Gasteiger partial charge in [0.25, 0.3) is 5.91 Å². The van der Waals surface area contributed by atoms with Crippen molar-refractivity contribution < 1.29 is 4.79 Å². The molecular weight excluding hydrogens is 318 g/mol. The van der Waals surface area contributed by atoms with Gasteiger partial charge in [0.2, 0.25) is 0 Å². The van der Waals surface area contributed by atoms with Crippen LogP contribution >= 0.6 is 22.9 Å². The number of aryl methyl sites for hydroxylation is 1. The molecule has 4 nitrogen and oxygen atoms in total. The Labute approximate surface area is 139 Å². The third kappa shape index (κ3) is 3.25. The van der Waals surface area contributed by atoms with Gasteiger partial charge in [0, 0.05) is 36.9 Å². The summed E-state index contributed by atoms with van der Waals surface area (Å²) < 4.78 is 0. The second-order valence-electron chi connectivity index (χ2n) is 5.23. The molecule has 0 saturated carbocycles. The van der Waals surface area contributed by atoms with Crippen LogP contribution in [-0.4, -0.2) is 42.0 Å². The number of anilines is 1. The summed E-state index contributed by atoms with van der Waals surface area (Å²) in [6.45, 7) is 5.21. The lowest BCUT2D eigenvalue weighted by Gasteiger charge is -2.35. The maximum atomic E-state index is 12.5. The third-order valence-electron chi connectivity index (χ3n) is 3.83. The van der Waals surface area contributed by atoms with E-state index in [1.807, 2.05) is 29.2 Å². The summed E-state index contributed by atoms with van der Waals surface area (Å²) in [7, 11) is 0. The summed E-state index contributed by atoms with van der Waals surface area (Å²) in [5.74, 6) is 0.105. The monoisotopic (exact) mass is 335 g/mol. The number of aromatic nitrogens is 1. The second-order valence-corrected chi connectivity index (χ2v) is 6.78. The Morgan fingerprint density at radius 3 is 2.50 bits per heavy atom. The zero-order valence-electron chi connectivity index (χ0n) is 12.5. The molecule has 116 valence electrons. The molecule has 0 unspecified atom stereocenters. The van der Waals surface area contributed by atoms with Gasteiger partial charge in [-0.1, -0.05) is 18.5 Å². The van der Waals surface area contributed by atoms with Gasteiger partial charge >= 0.3 is 0 Å². The van der Waals surface area contributed by atoms with Gasteiger partial charge in [-0.05, 0) is 30.7 Å². The van der Waals surface area contributed by atoms with E-state index in [9.17, 15) is 4.79 Å². The van der Waals surface area contributed by atoms with E-state index in [4.69, 9.17) is 11.6 Å². The van der Waals surface area contributed by atoms with Crippen LogP contribution in [0.25, 0.3) is 0 Å². The number of carbonyl (C=O) groups excluding carboxylic acids is 1. The average Bonchev–Trinajstić information content (AvgIpc) is 3.04. The molecule has 1 aliphatic rings. The summed E-state index contributed by atoms with van der Waals surface area (Å²) >= 11 is 7.42. The molecular formula is C16H18ClN3OS. The highest BCUT2D eigenvalue weighted by Gasteiger charge is 2.23. The lowest BCUT2D eigenvalue weighted by molar-refractivity contribution is 0.0751. The van der Waals surface area contributed by atoms with Crippen molar-refractivity contribution in [1.82, 2.24) is 9.88 Å². The lowest BCUT2D eigenvalue weighted by Crippen LogP contribution is -2.48. The van der Waals surface area contributed by atoms with Crippen molar-refractivity contribution >= 4 is 34.5 Å². The smallest absolute Gasteiger partial charge is 0.265 e. The Hall–Kier alpha value is -1.59. The number of piperazine rings is 1. The Kier molecular flexibility index (Phi) is 4.64. The summed E-state index contributed by atoms with van der Waals surface area (Å²) in [5, 5.41) is 1.76. The van der Waals surface area contributed by atoms with Crippen molar-refractivity contribution in [2.75, 3.05) is 31.1 Å². The number of benzene rings is 1. The molecule has 0 atom stereocenters. The Morgan fingerprint density at radius 2 is 1.91 bits per heavy atom. The van der Waals surface area contributed by atoms with Gasteiger partial charge in [0.15, 0.2) is 0 Å². The van der Waals surface area contributed by atoms with Crippen molar-refractivity contribution in [3.8, 4) is 0 Å². The quantitative estimate of drug-likeness (QED) is 0.863. The van der Waals surface area contributed by atoms with Crippen molar-refractivity contribution in [2.24, 2.45) is 0 Å². The summed E-state index contributed by atoms with van der Waals surface area (Å²) in [6.07, 6.45) is 2.58. The van der Waals surface area contributed by atoms with E-state index in [2.05, 4.69) is 16.8 Å². The maximum absolute atomic E-state index is 12.5. The molecule has 3 rings (SSSR count). The number of hydrogen-bond donors (Lipinski definition) is 0. The molecule has 1 fully saturated rings. The topological polar surface area (TPSA) is 36.4 Å². The van der Waals surface area contributed by atoms with Crippen LogP contribution in [0.5, 0.6) is 0 Å². The summed E-state index contributed by atoms with van der Waals surface area (Å²) in [6, 6.07) is 7.85. The van der Waals surface area contributed by atoms with Crippen LogP contribution in [0.15, 0.2) is 30.5 Å². The van der Waals surface area contributed by atoms with Gasteiger partial charge in [0.1, 0.15) is 4.88 Å². The van der Waals surface area contributed by atoms with E-state index in [0.29, 0.717) is 0 Å². The first-order valence-corrected chi connectivity index (χ1v) is 8.61. The number of nitrogens with zero attached hydrogens (tertiary/aromatic N) is 3.